The Labute approximate surface area is 132 Å². The van der Waals surface area contributed by atoms with Gasteiger partial charge in [-0.2, -0.15) is 0 Å². The molecule has 0 N–H and O–H groups in total. The lowest BCUT2D eigenvalue weighted by Gasteiger charge is -2.33. The monoisotopic (exact) mass is 293 g/mol. The average Bonchev–Trinajstić information content (AvgIpc) is 2.66. The summed E-state index contributed by atoms with van der Waals surface area (Å²) in [7, 11) is 1.41. The minimum absolute atomic E-state index is 0.585. The largest absolute Gasteiger partial charge is 0.360 e. The van der Waals surface area contributed by atoms with Crippen LogP contribution in [-0.2, 0) is 0 Å². The molecule has 3 atom stereocenters. The second-order valence-corrected chi connectivity index (χ2v) is 8.27. The Morgan fingerprint density at radius 2 is 1.80 bits per heavy atom. The van der Waals surface area contributed by atoms with E-state index in [1.807, 2.05) is 0 Å². The predicted molar refractivity (Wildman–Crippen MR) is 95.2 cm³/mol. The predicted octanol–water partition coefficient (Wildman–Crippen LogP) is 4.82. The molecule has 20 heavy (non-hydrogen) atoms. The Bertz CT molecular complexity index is 329. The van der Waals surface area contributed by atoms with Crippen molar-refractivity contribution in [2.45, 2.75) is 96.4 Å². The summed E-state index contributed by atoms with van der Waals surface area (Å²) in [5.74, 6) is 2.62. The smallest absolute Gasteiger partial charge is 0.126 e. The molecule has 0 aromatic heterocycles. The standard InChI is InChI=1S/C17H32BNS/c1-12(2)18-15-8-6-5-7-9-16-14(10-15)11-17(20)19(16)13(3)4/h12-16,18H,5-11H2,1-4H3. The van der Waals surface area contributed by atoms with Crippen molar-refractivity contribution >= 4 is 24.5 Å². The fraction of sp³-hybridized carbons (Fsp3) is 0.941. The number of rotatable bonds is 3. The Morgan fingerprint density at radius 1 is 1.10 bits per heavy atom. The van der Waals surface area contributed by atoms with Crippen molar-refractivity contribution in [2.24, 2.45) is 5.92 Å². The van der Waals surface area contributed by atoms with Gasteiger partial charge in [-0.05, 0) is 26.2 Å². The fourth-order valence-electron chi connectivity index (χ4n) is 4.55. The van der Waals surface area contributed by atoms with Gasteiger partial charge in [-0.25, -0.2) is 0 Å². The lowest BCUT2D eigenvalue weighted by molar-refractivity contribution is 0.218. The molecule has 0 aromatic rings. The Kier molecular flexibility index (Phi) is 5.95. The van der Waals surface area contributed by atoms with E-state index < -0.39 is 0 Å². The van der Waals surface area contributed by atoms with E-state index in [0.717, 1.165) is 23.6 Å². The van der Waals surface area contributed by atoms with Crippen LogP contribution in [0.1, 0.15) is 72.6 Å². The molecule has 1 aliphatic heterocycles. The van der Waals surface area contributed by atoms with Gasteiger partial charge in [0, 0.05) is 18.5 Å². The van der Waals surface area contributed by atoms with Gasteiger partial charge in [0.2, 0.25) is 0 Å². The van der Waals surface area contributed by atoms with Gasteiger partial charge >= 0.3 is 0 Å². The molecule has 0 bridgehead atoms. The van der Waals surface area contributed by atoms with Crippen LogP contribution in [0.15, 0.2) is 0 Å². The van der Waals surface area contributed by atoms with Crippen molar-refractivity contribution in [1.82, 2.24) is 4.90 Å². The Balaban J connectivity index is 2.09. The van der Waals surface area contributed by atoms with Crippen molar-refractivity contribution in [1.29, 1.82) is 0 Å². The van der Waals surface area contributed by atoms with Crippen molar-refractivity contribution < 1.29 is 0 Å². The highest BCUT2D eigenvalue weighted by Crippen LogP contribution is 2.40. The van der Waals surface area contributed by atoms with Crippen molar-refractivity contribution in [3.63, 3.8) is 0 Å². The lowest BCUT2D eigenvalue weighted by Crippen LogP contribution is -2.40. The molecule has 3 unspecified atom stereocenters. The first kappa shape index (κ1) is 16.3. The molecule has 0 radical (unpaired) electrons. The minimum Gasteiger partial charge on any atom is -0.360 e. The topological polar surface area (TPSA) is 3.24 Å². The van der Waals surface area contributed by atoms with Gasteiger partial charge in [0.05, 0.1) is 4.99 Å². The minimum atomic E-state index is 0.585. The first-order chi connectivity index (χ1) is 9.49. The molecule has 1 nitrogen and oxygen atoms in total. The van der Waals surface area contributed by atoms with E-state index in [1.165, 1.54) is 57.2 Å². The van der Waals surface area contributed by atoms with E-state index in [2.05, 4.69) is 32.6 Å². The maximum atomic E-state index is 5.71. The van der Waals surface area contributed by atoms with Gasteiger partial charge in [-0.3, -0.25) is 0 Å². The molecule has 3 heteroatoms. The normalized spacial score (nSPS) is 32.0. The quantitative estimate of drug-likeness (QED) is 0.542. The molecule has 0 aromatic carbocycles. The first-order valence-corrected chi connectivity index (χ1v) is 9.21. The Hall–Kier alpha value is -0.0451. The van der Waals surface area contributed by atoms with Gasteiger partial charge in [0.15, 0.2) is 0 Å². The molecule has 1 aliphatic carbocycles. The van der Waals surface area contributed by atoms with E-state index >= 15 is 0 Å². The molecule has 0 spiro atoms. The van der Waals surface area contributed by atoms with E-state index in [4.69, 9.17) is 12.2 Å². The number of thiocarbonyl (C=S) groups is 1. The summed E-state index contributed by atoms with van der Waals surface area (Å²) in [6.45, 7) is 9.38. The summed E-state index contributed by atoms with van der Waals surface area (Å²) in [6.07, 6.45) is 9.72. The highest BCUT2D eigenvalue weighted by Gasteiger charge is 2.39. The summed E-state index contributed by atoms with van der Waals surface area (Å²) in [5, 5.41) is 0. The molecule has 1 heterocycles. The summed E-state index contributed by atoms with van der Waals surface area (Å²) in [5.41, 5.74) is 0. The fourth-order valence-corrected chi connectivity index (χ4v) is 5.11. The number of nitrogens with zero attached hydrogens (tertiary/aromatic N) is 1. The van der Waals surface area contributed by atoms with Gasteiger partial charge in [0.25, 0.3) is 0 Å². The van der Waals surface area contributed by atoms with Crippen LogP contribution >= 0.6 is 12.2 Å². The van der Waals surface area contributed by atoms with Crippen LogP contribution in [-0.4, -0.2) is 29.3 Å². The molecule has 1 saturated carbocycles. The van der Waals surface area contributed by atoms with Crippen molar-refractivity contribution in [3.05, 3.63) is 0 Å². The molecular formula is C17H32BNS. The van der Waals surface area contributed by atoms with Crippen LogP contribution in [0.4, 0.5) is 0 Å². The summed E-state index contributed by atoms with van der Waals surface area (Å²) in [6, 6.07) is 1.33. The average molecular weight is 293 g/mol. The van der Waals surface area contributed by atoms with Gasteiger partial charge in [-0.15, -0.1) is 0 Å². The third kappa shape index (κ3) is 3.99. The summed E-state index contributed by atoms with van der Waals surface area (Å²) in [4.78, 5) is 3.83. The zero-order valence-corrected chi connectivity index (χ0v) is 14.7. The zero-order chi connectivity index (χ0) is 14.7. The molecular weight excluding hydrogens is 261 g/mol. The second kappa shape index (κ2) is 7.29. The van der Waals surface area contributed by atoms with Gasteiger partial charge in [-0.1, -0.05) is 69.8 Å². The number of hydrogen-bond acceptors (Lipinski definition) is 1. The van der Waals surface area contributed by atoms with Crippen molar-refractivity contribution in [3.8, 4) is 0 Å². The zero-order valence-electron chi connectivity index (χ0n) is 13.9. The molecule has 0 amide bonds. The maximum Gasteiger partial charge on any atom is 0.126 e. The molecule has 2 rings (SSSR count). The summed E-state index contributed by atoms with van der Waals surface area (Å²) >= 11 is 5.71. The van der Waals surface area contributed by atoms with E-state index in [-0.39, 0.29) is 0 Å². The highest BCUT2D eigenvalue weighted by molar-refractivity contribution is 7.80. The second-order valence-electron chi connectivity index (χ2n) is 7.80. The van der Waals surface area contributed by atoms with Crippen LogP contribution in [0.2, 0.25) is 11.6 Å². The first-order valence-electron chi connectivity index (χ1n) is 8.80. The van der Waals surface area contributed by atoms with Crippen LogP contribution in [0, 0.1) is 5.92 Å². The molecule has 1 saturated heterocycles. The van der Waals surface area contributed by atoms with Gasteiger partial charge < -0.3 is 4.90 Å². The van der Waals surface area contributed by atoms with E-state index in [0.29, 0.717) is 6.04 Å². The SMILES string of the molecule is CC(C)BC1CCCCCC2C(CC(=S)N2C(C)C)C1. The lowest BCUT2D eigenvalue weighted by atomic mass is 9.52. The summed E-state index contributed by atoms with van der Waals surface area (Å²) < 4.78 is 0. The van der Waals surface area contributed by atoms with Crippen LogP contribution in [0.25, 0.3) is 0 Å². The van der Waals surface area contributed by atoms with Gasteiger partial charge in [0.1, 0.15) is 7.28 Å². The third-order valence-corrected chi connectivity index (χ3v) is 5.61. The highest BCUT2D eigenvalue weighted by atomic mass is 32.1. The number of likely N-dealkylation sites (tertiary alicyclic amines) is 1. The molecule has 2 fully saturated rings. The maximum absolute atomic E-state index is 5.71. The number of hydrogen-bond donors (Lipinski definition) is 0. The molecule has 114 valence electrons. The van der Waals surface area contributed by atoms with E-state index in [9.17, 15) is 0 Å². The molecule has 2 aliphatic rings. The van der Waals surface area contributed by atoms with Crippen LogP contribution in [0.5, 0.6) is 0 Å². The van der Waals surface area contributed by atoms with Crippen LogP contribution < -0.4 is 0 Å². The van der Waals surface area contributed by atoms with Crippen molar-refractivity contribution in [2.75, 3.05) is 0 Å². The number of fused-ring (bicyclic) bond motifs is 1. The third-order valence-electron chi connectivity index (χ3n) is 5.24. The Morgan fingerprint density at radius 3 is 2.45 bits per heavy atom. The van der Waals surface area contributed by atoms with Crippen LogP contribution in [0.3, 0.4) is 0 Å². The van der Waals surface area contributed by atoms with E-state index in [1.54, 1.807) is 0 Å².